The Morgan fingerprint density at radius 3 is 2.74 bits per heavy atom. The van der Waals surface area contributed by atoms with Crippen LogP contribution in [-0.2, 0) is 4.74 Å². The molecule has 0 amide bonds. The third-order valence-electron chi connectivity index (χ3n) is 5.18. The van der Waals surface area contributed by atoms with Crippen molar-refractivity contribution in [3.8, 4) is 11.3 Å². The Bertz CT molecular complexity index is 763. The maximum atomic E-state index is 5.66. The highest BCUT2D eigenvalue weighted by Crippen LogP contribution is 2.28. The number of benzene rings is 1. The summed E-state index contributed by atoms with van der Waals surface area (Å²) in [5, 5.41) is 7.48. The number of aromatic nitrogens is 1. The Kier molecular flexibility index (Phi) is 5.90. The molecule has 0 bridgehead atoms. The molecule has 0 unspecified atom stereocenters. The van der Waals surface area contributed by atoms with Crippen molar-refractivity contribution in [1.82, 2.24) is 15.2 Å². The van der Waals surface area contributed by atoms with Crippen molar-refractivity contribution < 1.29 is 4.74 Å². The summed E-state index contributed by atoms with van der Waals surface area (Å²) in [4.78, 5) is 9.48. The number of nitrogens with one attached hydrogen (secondary N) is 1. The van der Waals surface area contributed by atoms with E-state index in [9.17, 15) is 0 Å². The third kappa shape index (κ3) is 4.59. The van der Waals surface area contributed by atoms with Crippen LogP contribution in [0.2, 0.25) is 0 Å². The number of aryl methyl sites for hydroxylation is 1. The SMILES string of the molecule is Cc1ccc(-c2csc(N3CCN(C(=S)NC[C@@H]4CCCO4)CC3)n2)cc1. The van der Waals surface area contributed by atoms with Gasteiger partial charge in [0.25, 0.3) is 0 Å². The molecular weight excluding hydrogens is 376 g/mol. The van der Waals surface area contributed by atoms with E-state index in [2.05, 4.69) is 51.7 Å². The molecule has 4 rings (SSSR count). The van der Waals surface area contributed by atoms with Crippen LogP contribution in [0.3, 0.4) is 0 Å². The first kappa shape index (κ1) is 18.7. The molecule has 0 spiro atoms. The van der Waals surface area contributed by atoms with E-state index in [1.54, 1.807) is 11.3 Å². The van der Waals surface area contributed by atoms with Gasteiger partial charge in [-0.2, -0.15) is 0 Å². The minimum atomic E-state index is 0.319. The van der Waals surface area contributed by atoms with Gasteiger partial charge in [-0.3, -0.25) is 0 Å². The highest BCUT2D eigenvalue weighted by molar-refractivity contribution is 7.80. The van der Waals surface area contributed by atoms with Gasteiger partial charge < -0.3 is 19.9 Å². The van der Waals surface area contributed by atoms with E-state index in [0.29, 0.717) is 6.10 Å². The fraction of sp³-hybridized carbons (Fsp3) is 0.500. The van der Waals surface area contributed by atoms with Gasteiger partial charge in [-0.15, -0.1) is 11.3 Å². The number of nitrogens with zero attached hydrogens (tertiary/aromatic N) is 3. The fourth-order valence-corrected chi connectivity index (χ4v) is 4.64. The summed E-state index contributed by atoms with van der Waals surface area (Å²) < 4.78 is 5.66. The number of thiazole rings is 1. The third-order valence-corrected chi connectivity index (χ3v) is 6.49. The van der Waals surface area contributed by atoms with Gasteiger partial charge in [0.05, 0.1) is 11.8 Å². The molecule has 3 heterocycles. The first-order chi connectivity index (χ1) is 13.2. The summed E-state index contributed by atoms with van der Waals surface area (Å²) in [5.41, 5.74) is 3.52. The predicted molar refractivity (Wildman–Crippen MR) is 116 cm³/mol. The second-order valence-corrected chi connectivity index (χ2v) is 8.40. The maximum absolute atomic E-state index is 5.66. The number of thiocarbonyl (C=S) groups is 1. The number of hydrogen-bond acceptors (Lipinski definition) is 5. The van der Waals surface area contributed by atoms with Gasteiger partial charge in [0.1, 0.15) is 0 Å². The molecule has 2 aliphatic heterocycles. The molecular formula is C20H26N4OS2. The van der Waals surface area contributed by atoms with Crippen molar-refractivity contribution in [3.63, 3.8) is 0 Å². The molecule has 1 aromatic heterocycles. The largest absolute Gasteiger partial charge is 0.376 e. The van der Waals surface area contributed by atoms with Gasteiger partial charge in [-0.05, 0) is 32.0 Å². The van der Waals surface area contributed by atoms with E-state index in [-0.39, 0.29) is 0 Å². The van der Waals surface area contributed by atoms with Crippen LogP contribution in [0, 0.1) is 6.92 Å². The number of ether oxygens (including phenoxy) is 1. The van der Waals surface area contributed by atoms with E-state index >= 15 is 0 Å². The summed E-state index contributed by atoms with van der Waals surface area (Å²) in [6.45, 7) is 7.57. The highest BCUT2D eigenvalue weighted by atomic mass is 32.1. The lowest BCUT2D eigenvalue weighted by Gasteiger charge is -2.36. The van der Waals surface area contributed by atoms with Gasteiger partial charge in [0, 0.05) is 50.3 Å². The van der Waals surface area contributed by atoms with Crippen molar-refractivity contribution in [1.29, 1.82) is 0 Å². The fourth-order valence-electron chi connectivity index (χ4n) is 3.49. The van der Waals surface area contributed by atoms with Crippen LogP contribution in [0.5, 0.6) is 0 Å². The lowest BCUT2D eigenvalue weighted by atomic mass is 10.1. The Labute approximate surface area is 170 Å². The van der Waals surface area contributed by atoms with Gasteiger partial charge in [0.15, 0.2) is 10.2 Å². The van der Waals surface area contributed by atoms with E-state index in [1.807, 2.05) is 0 Å². The second kappa shape index (κ2) is 8.54. The Balaban J connectivity index is 1.29. The predicted octanol–water partition coefficient (Wildman–Crippen LogP) is 3.29. The maximum Gasteiger partial charge on any atom is 0.185 e. The average Bonchev–Trinajstić information content (AvgIpc) is 3.39. The number of piperazine rings is 1. The molecule has 0 aliphatic carbocycles. The molecule has 2 saturated heterocycles. The molecule has 0 radical (unpaired) electrons. The average molecular weight is 403 g/mol. The molecule has 5 nitrogen and oxygen atoms in total. The smallest absolute Gasteiger partial charge is 0.185 e. The lowest BCUT2D eigenvalue weighted by Crippen LogP contribution is -2.52. The summed E-state index contributed by atoms with van der Waals surface area (Å²) in [6.07, 6.45) is 2.62. The van der Waals surface area contributed by atoms with Gasteiger partial charge >= 0.3 is 0 Å². The standard InChI is InChI=1S/C20H26N4OS2/c1-15-4-6-16(7-5-15)18-14-27-20(22-18)24-10-8-23(9-11-24)19(26)21-13-17-3-2-12-25-17/h4-7,14,17H,2-3,8-13H2,1H3,(H,21,26)/t17-/m0/s1. The van der Waals surface area contributed by atoms with Crippen LogP contribution in [0.1, 0.15) is 18.4 Å². The van der Waals surface area contributed by atoms with Crippen LogP contribution in [-0.4, -0.2) is 60.4 Å². The van der Waals surface area contributed by atoms with E-state index in [4.69, 9.17) is 21.9 Å². The lowest BCUT2D eigenvalue weighted by molar-refractivity contribution is 0.113. The van der Waals surface area contributed by atoms with Crippen molar-refractivity contribution >= 4 is 33.8 Å². The number of hydrogen-bond donors (Lipinski definition) is 1. The quantitative estimate of drug-likeness (QED) is 0.792. The van der Waals surface area contributed by atoms with E-state index < -0.39 is 0 Å². The molecule has 7 heteroatoms. The molecule has 1 aromatic carbocycles. The van der Waals surface area contributed by atoms with Crippen molar-refractivity contribution in [2.24, 2.45) is 0 Å². The molecule has 144 valence electrons. The van der Waals surface area contributed by atoms with Crippen molar-refractivity contribution in [3.05, 3.63) is 35.2 Å². The van der Waals surface area contributed by atoms with Crippen LogP contribution < -0.4 is 10.2 Å². The second-order valence-electron chi connectivity index (χ2n) is 7.18. The normalized spacial score (nSPS) is 20.1. The molecule has 2 aromatic rings. The molecule has 2 aliphatic rings. The zero-order valence-corrected chi connectivity index (χ0v) is 17.3. The zero-order valence-electron chi connectivity index (χ0n) is 15.7. The topological polar surface area (TPSA) is 40.6 Å². The van der Waals surface area contributed by atoms with Crippen molar-refractivity contribution in [2.75, 3.05) is 44.2 Å². The Morgan fingerprint density at radius 1 is 1.26 bits per heavy atom. The molecule has 2 fully saturated rings. The van der Waals surface area contributed by atoms with Crippen LogP contribution >= 0.6 is 23.6 Å². The molecule has 1 N–H and O–H groups in total. The first-order valence-electron chi connectivity index (χ1n) is 9.61. The summed E-state index contributed by atoms with van der Waals surface area (Å²) in [5.74, 6) is 0. The van der Waals surface area contributed by atoms with Gasteiger partial charge in [-0.25, -0.2) is 4.98 Å². The molecule has 0 saturated carbocycles. The Morgan fingerprint density at radius 2 is 2.04 bits per heavy atom. The van der Waals surface area contributed by atoms with Crippen LogP contribution in [0.4, 0.5) is 5.13 Å². The molecule has 27 heavy (non-hydrogen) atoms. The van der Waals surface area contributed by atoms with Crippen LogP contribution in [0.15, 0.2) is 29.6 Å². The monoisotopic (exact) mass is 402 g/mol. The summed E-state index contributed by atoms with van der Waals surface area (Å²) in [7, 11) is 0. The molecule has 1 atom stereocenters. The summed E-state index contributed by atoms with van der Waals surface area (Å²) >= 11 is 7.29. The zero-order chi connectivity index (χ0) is 18.6. The van der Waals surface area contributed by atoms with E-state index in [1.165, 1.54) is 11.1 Å². The highest BCUT2D eigenvalue weighted by Gasteiger charge is 2.22. The minimum Gasteiger partial charge on any atom is -0.376 e. The Hall–Kier alpha value is -1.70. The van der Waals surface area contributed by atoms with Crippen molar-refractivity contribution in [2.45, 2.75) is 25.9 Å². The van der Waals surface area contributed by atoms with Crippen LogP contribution in [0.25, 0.3) is 11.3 Å². The number of anilines is 1. The van der Waals surface area contributed by atoms with Gasteiger partial charge in [-0.1, -0.05) is 29.8 Å². The summed E-state index contributed by atoms with van der Waals surface area (Å²) in [6, 6.07) is 8.56. The first-order valence-corrected chi connectivity index (χ1v) is 10.9. The van der Waals surface area contributed by atoms with Gasteiger partial charge in [0.2, 0.25) is 0 Å². The van der Waals surface area contributed by atoms with E-state index in [0.717, 1.165) is 68.1 Å². The number of rotatable bonds is 4. The minimum absolute atomic E-state index is 0.319.